The number of nitrogens with zero attached hydrogens (tertiary/aromatic N) is 4. The predicted octanol–water partition coefficient (Wildman–Crippen LogP) is 1.56. The van der Waals surface area contributed by atoms with Gasteiger partial charge >= 0.3 is 0 Å². The normalized spacial score (nSPS) is 16.4. The number of hydrogen-bond acceptors (Lipinski definition) is 5. The minimum Gasteiger partial charge on any atom is -0.352 e. The second kappa shape index (κ2) is 7.00. The quantitative estimate of drug-likeness (QED) is 0.880. The molecule has 1 aliphatic rings. The summed E-state index contributed by atoms with van der Waals surface area (Å²) < 4.78 is 1.58. The van der Waals surface area contributed by atoms with Crippen molar-refractivity contribution in [3.8, 4) is 0 Å². The predicted molar refractivity (Wildman–Crippen MR) is 98.8 cm³/mol. The van der Waals surface area contributed by atoms with Crippen molar-refractivity contribution in [2.24, 2.45) is 7.05 Å². The van der Waals surface area contributed by atoms with Gasteiger partial charge in [-0.15, -0.1) is 0 Å². The monoisotopic (exact) mass is 344 g/mol. The Labute approximate surface area is 148 Å². The van der Waals surface area contributed by atoms with Crippen molar-refractivity contribution in [2.45, 2.75) is 51.6 Å². The first kappa shape index (κ1) is 17.7. The summed E-state index contributed by atoms with van der Waals surface area (Å²) in [6.07, 6.45) is 7.30. The summed E-state index contributed by atoms with van der Waals surface area (Å²) in [5.74, 6) is 0.563. The first-order chi connectivity index (χ1) is 11.9. The van der Waals surface area contributed by atoms with E-state index in [9.17, 15) is 4.79 Å². The molecule has 1 aliphatic heterocycles. The van der Waals surface area contributed by atoms with Gasteiger partial charge in [-0.25, -0.2) is 4.98 Å². The fraction of sp³-hybridized carbons (Fsp3) is 0.611. The molecule has 2 aromatic heterocycles. The summed E-state index contributed by atoms with van der Waals surface area (Å²) in [6.45, 7) is 9.09. The topological polar surface area (TPSA) is 78.8 Å². The zero-order chi connectivity index (χ0) is 18.0. The largest absolute Gasteiger partial charge is 0.352 e. The average Bonchev–Trinajstić information content (AvgIpc) is 3.05. The van der Waals surface area contributed by atoms with E-state index in [1.165, 1.54) is 11.3 Å². The molecule has 0 aromatic carbocycles. The van der Waals surface area contributed by atoms with Gasteiger partial charge in [-0.1, -0.05) is 20.8 Å². The molecule has 25 heavy (non-hydrogen) atoms. The summed E-state index contributed by atoms with van der Waals surface area (Å²) in [6, 6.07) is 0.450. The molecule has 2 N–H and O–H groups in total. The molecule has 136 valence electrons. The molecule has 0 aliphatic carbocycles. The molecule has 3 rings (SSSR count). The number of nitrogens with one attached hydrogen (secondary N) is 2. The summed E-state index contributed by atoms with van der Waals surface area (Å²) in [4.78, 5) is 18.6. The van der Waals surface area contributed by atoms with Crippen molar-refractivity contribution >= 4 is 5.82 Å². The maximum atomic E-state index is 12.2. The Hall–Kier alpha value is -2.15. The van der Waals surface area contributed by atoms with Crippen molar-refractivity contribution in [3.63, 3.8) is 0 Å². The van der Waals surface area contributed by atoms with E-state index in [0.29, 0.717) is 11.9 Å². The lowest BCUT2D eigenvalue weighted by atomic mass is 9.89. The van der Waals surface area contributed by atoms with Crippen molar-refractivity contribution < 1.29 is 0 Å². The minimum atomic E-state index is -0.0258. The smallest absolute Gasteiger partial charge is 0.293 e. The molecule has 1 saturated heterocycles. The second-order valence-corrected chi connectivity index (χ2v) is 7.83. The lowest BCUT2D eigenvalue weighted by Crippen LogP contribution is -2.44. The van der Waals surface area contributed by atoms with E-state index < -0.39 is 0 Å². The number of hydrogen-bond donors (Lipinski definition) is 2. The Bertz CT molecular complexity index is 764. The van der Waals surface area contributed by atoms with Crippen molar-refractivity contribution in [1.82, 2.24) is 25.1 Å². The number of rotatable bonds is 4. The summed E-state index contributed by atoms with van der Waals surface area (Å²) in [7, 11) is 1.76. The number of aromatic amines is 1. The van der Waals surface area contributed by atoms with Crippen LogP contribution in [0.25, 0.3) is 0 Å². The summed E-state index contributed by atoms with van der Waals surface area (Å²) >= 11 is 0. The summed E-state index contributed by atoms with van der Waals surface area (Å²) in [5, 5.41) is 11.0. The molecule has 3 heterocycles. The Morgan fingerprint density at radius 1 is 1.32 bits per heavy atom. The first-order valence-corrected chi connectivity index (χ1v) is 8.89. The zero-order valence-electron chi connectivity index (χ0n) is 15.5. The van der Waals surface area contributed by atoms with Crippen molar-refractivity contribution in [2.75, 3.05) is 18.0 Å². The highest BCUT2D eigenvalue weighted by molar-refractivity contribution is 5.36. The fourth-order valence-corrected chi connectivity index (χ4v) is 3.35. The van der Waals surface area contributed by atoms with Gasteiger partial charge in [0.1, 0.15) is 0 Å². The number of aromatic nitrogens is 4. The summed E-state index contributed by atoms with van der Waals surface area (Å²) in [5.41, 5.74) is 2.46. The van der Waals surface area contributed by atoms with Crippen LogP contribution in [0.5, 0.6) is 0 Å². The van der Waals surface area contributed by atoms with Gasteiger partial charge in [0.25, 0.3) is 5.56 Å². The van der Waals surface area contributed by atoms with E-state index in [1.54, 1.807) is 24.0 Å². The maximum absolute atomic E-state index is 12.2. The second-order valence-electron chi connectivity index (χ2n) is 7.83. The zero-order valence-corrected chi connectivity index (χ0v) is 15.5. The van der Waals surface area contributed by atoms with Crippen LogP contribution in [0.2, 0.25) is 0 Å². The van der Waals surface area contributed by atoms with Crippen LogP contribution in [0, 0.1) is 0 Å². The Balaban J connectivity index is 1.56. The van der Waals surface area contributed by atoms with Crippen LogP contribution >= 0.6 is 0 Å². The van der Waals surface area contributed by atoms with E-state index in [4.69, 9.17) is 0 Å². The molecule has 2 aromatic rings. The molecule has 0 amide bonds. The van der Waals surface area contributed by atoms with E-state index in [1.807, 2.05) is 6.20 Å². The average molecular weight is 344 g/mol. The highest BCUT2D eigenvalue weighted by Gasteiger charge is 2.24. The lowest BCUT2D eigenvalue weighted by Gasteiger charge is -2.33. The molecular weight excluding hydrogens is 316 g/mol. The van der Waals surface area contributed by atoms with E-state index >= 15 is 0 Å². The van der Waals surface area contributed by atoms with Gasteiger partial charge in [-0.3, -0.25) is 9.89 Å². The van der Waals surface area contributed by atoms with Crippen LogP contribution in [0.3, 0.4) is 0 Å². The van der Waals surface area contributed by atoms with Crippen molar-refractivity contribution in [1.29, 1.82) is 0 Å². The lowest BCUT2D eigenvalue weighted by molar-refractivity contribution is 0.409. The van der Waals surface area contributed by atoms with Crippen LogP contribution < -0.4 is 15.8 Å². The third-order valence-corrected chi connectivity index (χ3v) is 4.84. The third kappa shape index (κ3) is 3.92. The van der Waals surface area contributed by atoms with E-state index in [2.05, 4.69) is 46.2 Å². The molecule has 0 spiro atoms. The Kier molecular flexibility index (Phi) is 4.94. The van der Waals surface area contributed by atoms with Gasteiger partial charge in [0.05, 0.1) is 6.20 Å². The fourth-order valence-electron chi connectivity index (χ4n) is 3.35. The SMILES string of the molecule is Cn1ccnc(N2CCC(NCc3cn[nH]c3C(C)(C)C)CC2)c1=O. The number of H-pyrrole nitrogens is 1. The highest BCUT2D eigenvalue weighted by atomic mass is 16.1. The van der Waals surface area contributed by atoms with Gasteiger partial charge < -0.3 is 14.8 Å². The number of aryl methyl sites for hydroxylation is 1. The van der Waals surface area contributed by atoms with E-state index in [-0.39, 0.29) is 11.0 Å². The maximum Gasteiger partial charge on any atom is 0.293 e. The molecule has 7 heteroatoms. The van der Waals surface area contributed by atoms with Crippen LogP contribution in [0.1, 0.15) is 44.9 Å². The highest BCUT2D eigenvalue weighted by Crippen LogP contribution is 2.23. The van der Waals surface area contributed by atoms with Crippen LogP contribution in [-0.4, -0.2) is 38.9 Å². The standard InChI is InChI=1S/C18H28N6O/c1-18(2,3)15-13(12-21-22-15)11-20-14-5-8-24(9-6-14)16-17(25)23(4)10-7-19-16/h7,10,12,14,20H,5-6,8-9,11H2,1-4H3,(H,21,22). The van der Waals surface area contributed by atoms with Crippen LogP contribution in [-0.2, 0) is 19.0 Å². The van der Waals surface area contributed by atoms with E-state index in [0.717, 1.165) is 32.5 Å². The molecule has 1 fully saturated rings. The molecule has 0 saturated carbocycles. The third-order valence-electron chi connectivity index (χ3n) is 4.84. The first-order valence-electron chi connectivity index (χ1n) is 8.89. The Morgan fingerprint density at radius 2 is 2.04 bits per heavy atom. The molecule has 0 atom stereocenters. The van der Waals surface area contributed by atoms with Gasteiger partial charge in [-0.05, 0) is 12.8 Å². The molecule has 7 nitrogen and oxygen atoms in total. The van der Waals surface area contributed by atoms with Gasteiger partial charge in [0.15, 0.2) is 5.82 Å². The van der Waals surface area contributed by atoms with Crippen molar-refractivity contribution in [3.05, 3.63) is 40.2 Å². The molecule has 0 radical (unpaired) electrons. The number of piperidine rings is 1. The van der Waals surface area contributed by atoms with Gasteiger partial charge in [0.2, 0.25) is 0 Å². The molecule has 0 bridgehead atoms. The van der Waals surface area contributed by atoms with Crippen LogP contribution in [0.15, 0.2) is 23.4 Å². The molecular formula is C18H28N6O. The van der Waals surface area contributed by atoms with Crippen LogP contribution in [0.4, 0.5) is 5.82 Å². The number of anilines is 1. The molecule has 0 unspecified atom stereocenters. The Morgan fingerprint density at radius 3 is 2.72 bits per heavy atom. The van der Waals surface area contributed by atoms with Gasteiger partial charge in [0, 0.05) is 61.8 Å². The van der Waals surface area contributed by atoms with Gasteiger partial charge in [-0.2, -0.15) is 5.10 Å². The minimum absolute atomic E-state index is 0.0258.